The van der Waals surface area contributed by atoms with E-state index < -0.39 is 65.9 Å². The first-order valence-corrected chi connectivity index (χ1v) is 6.36. The number of rotatable bonds is 0. The van der Waals surface area contributed by atoms with Crippen LogP contribution in [0.4, 0.5) is 0 Å². The average Bonchev–Trinajstić information content (AvgIpc) is 2.42. The normalized spacial score (nSPS) is 11.8. The van der Waals surface area contributed by atoms with Gasteiger partial charge in [0, 0.05) is 0 Å². The van der Waals surface area contributed by atoms with Gasteiger partial charge in [-0.25, -0.2) is 0 Å². The van der Waals surface area contributed by atoms with E-state index in [4.69, 9.17) is 45.2 Å². The van der Waals surface area contributed by atoms with Crippen molar-refractivity contribution in [2.75, 3.05) is 0 Å². The van der Waals surface area contributed by atoms with Crippen molar-refractivity contribution in [3.8, 4) is 0 Å². The SMILES string of the molecule is [Be+2].[Be+2].[Be+2].[Be+2].[Be+2].[Be+2].[K+].[K+].[K+].[O-]B([O-])[O-].[O-]B([O-])[O-].[O-]B([O-])[O-].[O-]B1OB([O-])OB([O-])O1.[O-]B1OB([O-])OB([O-])O1. The largest absolute Gasteiger partial charge is 2.00 e. The van der Waals surface area contributed by atoms with E-state index >= 15 is 0 Å². The van der Waals surface area contributed by atoms with Gasteiger partial charge in [-0.1, -0.05) is 0 Å². The van der Waals surface area contributed by atoms with Crippen LogP contribution < -0.4 is 230 Å². The van der Waals surface area contributed by atoms with E-state index in [0.29, 0.717) is 0 Å². The fourth-order valence-corrected chi connectivity index (χ4v) is 0.737. The van der Waals surface area contributed by atoms with Crippen LogP contribution in [0.15, 0.2) is 0 Å². The van der Waals surface area contributed by atoms with Crippen molar-refractivity contribution in [1.29, 1.82) is 0 Å². The minimum Gasteiger partial charge on any atom is -0.907 e. The first kappa shape index (κ1) is 79.8. The van der Waals surface area contributed by atoms with Gasteiger partial charge in [0.2, 0.25) is 0 Å². The quantitative estimate of drug-likeness (QED) is 0.231. The van der Waals surface area contributed by atoms with Gasteiger partial charge in [0.25, 0.3) is 0 Å². The summed E-state index contributed by atoms with van der Waals surface area (Å²) in [6, 6.07) is 0. The second-order valence-corrected chi connectivity index (χ2v) is 3.41. The molecule has 2 rings (SSSR count). The van der Waals surface area contributed by atoms with Crippen LogP contribution in [0.1, 0.15) is 0 Å². The van der Waals surface area contributed by atoms with Crippen molar-refractivity contribution in [3.63, 3.8) is 0 Å². The summed E-state index contributed by atoms with van der Waals surface area (Å²) >= 11 is 0. The molecule has 2 heterocycles. The van der Waals surface area contributed by atoms with Crippen LogP contribution in [0.3, 0.4) is 0 Å². The van der Waals surface area contributed by atoms with Gasteiger partial charge in [-0.2, -0.15) is 0 Å². The van der Waals surface area contributed by atoms with Gasteiger partial charge in [0.15, 0.2) is 0 Å². The molecule has 2 aliphatic rings. The summed E-state index contributed by atoms with van der Waals surface area (Å²) in [4.78, 5) is 0. The molecule has 0 atom stereocenters. The zero-order valence-electron chi connectivity index (χ0n) is 21.0. The molecule has 0 aliphatic carbocycles. The Hall–Kier alpha value is 5.67. The molecule has 2 saturated heterocycles. The molecule has 2 aliphatic heterocycles. The second-order valence-electron chi connectivity index (χ2n) is 3.41. The predicted octanol–water partition coefficient (Wildman–Crippen LogP) is -32.9. The minimum atomic E-state index is -2.92. The molecule has 39 heavy (non-hydrogen) atoms. The third-order valence-corrected chi connectivity index (χ3v) is 1.33. The Morgan fingerprint density at radius 3 is 0.385 bits per heavy atom. The number of hydrogen-bond acceptors (Lipinski definition) is 21. The molecule has 0 aromatic rings. The van der Waals surface area contributed by atoms with Gasteiger partial charge >= 0.3 is 259 Å². The molecular formula is B9Be6K3O21. The fraction of sp³-hybridized carbons (Fsp3) is 0. The van der Waals surface area contributed by atoms with E-state index in [1.54, 1.807) is 0 Å². The first-order chi connectivity index (χ1) is 13.6. The van der Waals surface area contributed by atoms with Crippen molar-refractivity contribution < 1.29 is 257 Å². The standard InChI is InChI=1S/2B3O6.3BO3.6Be.3K/c2*4-1-7-2(5)9-3(6)8-1;3*2-1(3)4;;;;;;;;;/q5*-3;6*+2;3*+1. The van der Waals surface area contributed by atoms with E-state index in [-0.39, 0.29) is 215 Å². The molecule has 39 heteroatoms. The summed E-state index contributed by atoms with van der Waals surface area (Å²) < 4.78 is 22.8. The summed E-state index contributed by atoms with van der Waals surface area (Å²) in [5.74, 6) is 0. The monoisotopic (exact) mass is 606 g/mol. The van der Waals surface area contributed by atoms with E-state index in [9.17, 15) is 30.1 Å². The molecule has 0 aromatic carbocycles. The third kappa shape index (κ3) is 86.1. The minimum absolute atomic E-state index is 0. The third-order valence-electron chi connectivity index (χ3n) is 1.33. The van der Waals surface area contributed by atoms with E-state index in [0.717, 1.165) is 0 Å². The van der Waals surface area contributed by atoms with Gasteiger partial charge in [0.1, 0.15) is 0 Å². The Morgan fingerprint density at radius 1 is 0.282 bits per heavy atom. The Morgan fingerprint density at radius 2 is 0.333 bits per heavy atom. The number of hydrogen-bond donors (Lipinski definition) is 0. The van der Waals surface area contributed by atoms with Crippen molar-refractivity contribution in [2.45, 2.75) is 0 Å². The van der Waals surface area contributed by atoms with Crippen molar-refractivity contribution in [1.82, 2.24) is 0 Å². The Kier molecular flexibility index (Phi) is 109. The van der Waals surface area contributed by atoms with Crippen LogP contribution in [-0.4, -0.2) is 127 Å². The molecule has 0 unspecified atom stereocenters. The smallest absolute Gasteiger partial charge is 0.907 e. The average molecular weight is 605 g/mol. The van der Waals surface area contributed by atoms with Crippen molar-refractivity contribution in [3.05, 3.63) is 0 Å². The van der Waals surface area contributed by atoms with Crippen molar-refractivity contribution >= 4 is 127 Å². The Labute approximate surface area is 376 Å². The van der Waals surface area contributed by atoms with E-state index in [1.807, 2.05) is 0 Å². The first-order valence-electron chi connectivity index (χ1n) is 6.36. The summed E-state index contributed by atoms with van der Waals surface area (Å²) in [6.07, 6.45) is 0. The maximum atomic E-state index is 10.0. The molecule has 0 spiro atoms. The van der Waals surface area contributed by atoms with Gasteiger partial charge in [-0.05, 0) is 0 Å². The molecule has 168 valence electrons. The van der Waals surface area contributed by atoms with Gasteiger partial charge in [-0.15, -0.1) is 0 Å². The van der Waals surface area contributed by atoms with Gasteiger partial charge in [0.05, 0.1) is 0 Å². The predicted molar refractivity (Wildman–Crippen MR) is 92.8 cm³/mol. The maximum absolute atomic E-state index is 10.0. The van der Waals surface area contributed by atoms with Crippen LogP contribution in [0.25, 0.3) is 0 Å². The Balaban J connectivity index is -0.0000000231. The molecule has 2 fully saturated rings. The zero-order chi connectivity index (χ0) is 24.4. The summed E-state index contributed by atoms with van der Waals surface area (Å²) in [6.45, 7) is 0. The van der Waals surface area contributed by atoms with Crippen LogP contribution in [0.5, 0.6) is 0 Å². The van der Waals surface area contributed by atoms with Crippen LogP contribution in [-0.2, 0) is 27.4 Å². The topological polar surface area (TPSA) is 401 Å². The summed E-state index contributed by atoms with van der Waals surface area (Å²) in [7, 11) is -20.8. The molecule has 0 bridgehead atoms. The fourth-order valence-electron chi connectivity index (χ4n) is 0.737. The second kappa shape index (κ2) is 53.2. The molecule has 0 saturated carbocycles. The van der Waals surface area contributed by atoms with Gasteiger partial charge < -0.3 is 103 Å². The van der Waals surface area contributed by atoms with Crippen LogP contribution in [0.2, 0.25) is 0 Å². The van der Waals surface area contributed by atoms with Crippen molar-refractivity contribution in [2.24, 2.45) is 0 Å². The molecule has 21 nitrogen and oxygen atoms in total. The molecule has 0 radical (unpaired) electrons. The Bertz CT molecular complexity index is 295. The molecular weight excluding hydrogens is 605 g/mol. The molecule has 0 aromatic heterocycles. The summed E-state index contributed by atoms with van der Waals surface area (Å²) in [5.41, 5.74) is 0. The van der Waals surface area contributed by atoms with E-state index in [1.165, 1.54) is 0 Å². The molecule has 0 amide bonds. The van der Waals surface area contributed by atoms with E-state index in [2.05, 4.69) is 27.4 Å². The van der Waals surface area contributed by atoms with Crippen LogP contribution >= 0.6 is 0 Å². The zero-order valence-corrected chi connectivity index (χ0v) is 30.4. The maximum Gasteiger partial charge on any atom is 2.00 e. The van der Waals surface area contributed by atoms with Crippen LogP contribution in [0, 0.1) is 0 Å². The van der Waals surface area contributed by atoms with Gasteiger partial charge in [-0.3, -0.25) is 22.0 Å². The molecule has 0 N–H and O–H groups in total. The summed E-state index contributed by atoms with van der Waals surface area (Å²) in [5, 5.41) is 136.